The minimum absolute atomic E-state index is 0.134. The van der Waals surface area contributed by atoms with E-state index in [2.05, 4.69) is 5.32 Å². The molecular weight excluding hydrogens is 516 g/mol. The summed E-state index contributed by atoms with van der Waals surface area (Å²) in [6.45, 7) is 0. The Labute approximate surface area is 233 Å². The fraction of sp³-hybridized carbons (Fsp3) is 0.333. The largest absolute Gasteiger partial charge is 0.497 e. The van der Waals surface area contributed by atoms with Gasteiger partial charge in [-0.2, -0.15) is 0 Å². The third-order valence-electron chi connectivity index (χ3n) is 6.97. The summed E-state index contributed by atoms with van der Waals surface area (Å²) in [7, 11) is 9.21. The summed E-state index contributed by atoms with van der Waals surface area (Å²) < 4.78 is 32.6. The molecule has 4 rings (SSSR count). The first kappa shape index (κ1) is 28.4. The molecule has 10 nitrogen and oxygen atoms in total. The summed E-state index contributed by atoms with van der Waals surface area (Å²) in [6.07, 6.45) is 0.531. The number of anilines is 2. The second kappa shape index (κ2) is 12.5. The molecule has 1 saturated heterocycles. The molecule has 1 N–H and O–H groups in total. The quantitative estimate of drug-likeness (QED) is 0.382. The SMILES string of the molecule is COc1ccc([C@@H]2[C@H](C(=O)Nc3ccc(OC)c(OC)c3)CCC(=O)N2c2cc(OC)c(OC)c(OC)c2)cc1. The Hall–Kier alpha value is -4.60. The number of rotatable bonds is 10. The number of hydrogen-bond donors (Lipinski definition) is 1. The van der Waals surface area contributed by atoms with Crippen LogP contribution in [0.3, 0.4) is 0 Å². The molecule has 3 aromatic carbocycles. The van der Waals surface area contributed by atoms with Crippen LogP contribution < -0.4 is 38.6 Å². The summed E-state index contributed by atoms with van der Waals surface area (Å²) in [5.41, 5.74) is 1.84. The number of amides is 2. The van der Waals surface area contributed by atoms with Crippen LogP contribution in [0, 0.1) is 5.92 Å². The lowest BCUT2D eigenvalue weighted by Gasteiger charge is -2.41. The van der Waals surface area contributed by atoms with Gasteiger partial charge in [-0.05, 0) is 36.2 Å². The number of nitrogens with one attached hydrogen (secondary N) is 1. The van der Waals surface area contributed by atoms with Crippen molar-refractivity contribution in [3.05, 3.63) is 60.2 Å². The third-order valence-corrected chi connectivity index (χ3v) is 6.97. The number of piperidine rings is 1. The van der Waals surface area contributed by atoms with Crippen LogP contribution in [0.2, 0.25) is 0 Å². The molecule has 0 aromatic heterocycles. The average Bonchev–Trinajstić information content (AvgIpc) is 2.99. The Kier molecular flexibility index (Phi) is 8.88. The molecule has 0 unspecified atom stereocenters. The maximum absolute atomic E-state index is 13.8. The van der Waals surface area contributed by atoms with Crippen molar-refractivity contribution in [2.75, 3.05) is 52.9 Å². The van der Waals surface area contributed by atoms with Gasteiger partial charge in [0.05, 0.1) is 60.3 Å². The number of ether oxygens (including phenoxy) is 6. The Morgan fingerprint density at radius 1 is 0.750 bits per heavy atom. The summed E-state index contributed by atoms with van der Waals surface area (Å²) in [6, 6.07) is 15.3. The molecule has 0 saturated carbocycles. The maximum Gasteiger partial charge on any atom is 0.229 e. The zero-order valence-corrected chi connectivity index (χ0v) is 23.5. The smallest absolute Gasteiger partial charge is 0.229 e. The van der Waals surface area contributed by atoms with Gasteiger partial charge in [-0.25, -0.2) is 0 Å². The van der Waals surface area contributed by atoms with E-state index in [9.17, 15) is 9.59 Å². The van der Waals surface area contributed by atoms with Crippen LogP contribution in [0.5, 0.6) is 34.5 Å². The standard InChI is InChI=1S/C30H34N2O8/c1-35-21-10-7-18(8-11-21)28-22(30(34)31-19-9-13-23(36-2)24(15-19)37-3)12-14-27(33)32(28)20-16-25(38-4)29(40-6)26(17-20)39-5/h7-11,13,15-17,22,28H,12,14H2,1-6H3,(H,31,34)/t22-,28-/m1/s1. The number of nitrogens with zero attached hydrogens (tertiary/aromatic N) is 1. The number of methoxy groups -OCH3 is 6. The van der Waals surface area contributed by atoms with E-state index < -0.39 is 12.0 Å². The molecule has 212 valence electrons. The molecule has 1 aliphatic rings. The molecule has 2 amide bonds. The van der Waals surface area contributed by atoms with Gasteiger partial charge in [-0.15, -0.1) is 0 Å². The normalized spacial score (nSPS) is 16.6. The van der Waals surface area contributed by atoms with Crippen molar-refractivity contribution in [1.82, 2.24) is 0 Å². The van der Waals surface area contributed by atoms with Crippen LogP contribution in [-0.4, -0.2) is 54.5 Å². The first-order valence-electron chi connectivity index (χ1n) is 12.7. The summed E-state index contributed by atoms with van der Waals surface area (Å²) >= 11 is 0. The van der Waals surface area contributed by atoms with E-state index in [-0.39, 0.29) is 18.2 Å². The lowest BCUT2D eigenvalue weighted by molar-refractivity contribution is -0.125. The lowest BCUT2D eigenvalue weighted by atomic mass is 9.83. The minimum atomic E-state index is -0.630. The van der Waals surface area contributed by atoms with Gasteiger partial charge < -0.3 is 38.6 Å². The fourth-order valence-corrected chi connectivity index (χ4v) is 5.01. The number of carbonyl (C=O) groups excluding carboxylic acids is 2. The average molecular weight is 551 g/mol. The zero-order valence-electron chi connectivity index (χ0n) is 23.5. The van der Waals surface area contributed by atoms with Crippen molar-refractivity contribution < 1.29 is 38.0 Å². The molecule has 0 aliphatic carbocycles. The molecule has 2 atom stereocenters. The molecule has 40 heavy (non-hydrogen) atoms. The molecule has 1 fully saturated rings. The van der Waals surface area contributed by atoms with Crippen LogP contribution in [0.1, 0.15) is 24.4 Å². The van der Waals surface area contributed by atoms with E-state index >= 15 is 0 Å². The number of hydrogen-bond acceptors (Lipinski definition) is 8. The Morgan fingerprint density at radius 3 is 1.93 bits per heavy atom. The van der Waals surface area contributed by atoms with Crippen molar-refractivity contribution >= 4 is 23.2 Å². The summed E-state index contributed by atoms with van der Waals surface area (Å²) in [4.78, 5) is 29.0. The Morgan fingerprint density at radius 2 is 1.38 bits per heavy atom. The molecule has 3 aromatic rings. The summed E-state index contributed by atoms with van der Waals surface area (Å²) in [5.74, 6) is 1.95. The van der Waals surface area contributed by atoms with Crippen molar-refractivity contribution in [2.45, 2.75) is 18.9 Å². The van der Waals surface area contributed by atoms with Gasteiger partial charge in [-0.3, -0.25) is 9.59 Å². The number of carbonyl (C=O) groups is 2. The first-order chi connectivity index (χ1) is 19.4. The Balaban J connectivity index is 1.79. The highest BCUT2D eigenvalue weighted by atomic mass is 16.5. The monoisotopic (exact) mass is 550 g/mol. The molecule has 0 radical (unpaired) electrons. The van der Waals surface area contributed by atoms with Gasteiger partial charge in [-0.1, -0.05) is 12.1 Å². The van der Waals surface area contributed by atoms with Crippen LogP contribution in [0.4, 0.5) is 11.4 Å². The van der Waals surface area contributed by atoms with E-state index in [1.165, 1.54) is 28.4 Å². The highest BCUT2D eigenvalue weighted by Crippen LogP contribution is 2.46. The van der Waals surface area contributed by atoms with E-state index in [1.807, 2.05) is 24.3 Å². The molecular formula is C30H34N2O8. The van der Waals surface area contributed by atoms with Crippen molar-refractivity contribution in [1.29, 1.82) is 0 Å². The highest BCUT2D eigenvalue weighted by molar-refractivity contribution is 6.00. The van der Waals surface area contributed by atoms with Crippen LogP contribution in [0.15, 0.2) is 54.6 Å². The van der Waals surface area contributed by atoms with Crippen molar-refractivity contribution in [2.24, 2.45) is 5.92 Å². The lowest BCUT2D eigenvalue weighted by Crippen LogP contribution is -2.47. The Bertz CT molecular complexity index is 1330. The topological polar surface area (TPSA) is 105 Å². The fourth-order valence-electron chi connectivity index (χ4n) is 5.01. The molecule has 0 bridgehead atoms. The van der Waals surface area contributed by atoms with Gasteiger partial charge in [0, 0.05) is 30.3 Å². The van der Waals surface area contributed by atoms with Gasteiger partial charge in [0.1, 0.15) is 5.75 Å². The first-order valence-corrected chi connectivity index (χ1v) is 12.7. The molecule has 10 heteroatoms. The molecule has 1 heterocycles. The van der Waals surface area contributed by atoms with Crippen LogP contribution >= 0.6 is 0 Å². The maximum atomic E-state index is 13.8. The van der Waals surface area contributed by atoms with E-state index in [0.29, 0.717) is 52.3 Å². The van der Waals surface area contributed by atoms with E-state index in [0.717, 1.165) is 5.56 Å². The van der Waals surface area contributed by atoms with Gasteiger partial charge in [0.25, 0.3) is 0 Å². The van der Waals surface area contributed by atoms with E-state index in [4.69, 9.17) is 28.4 Å². The van der Waals surface area contributed by atoms with Gasteiger partial charge in [0.15, 0.2) is 23.0 Å². The van der Waals surface area contributed by atoms with Crippen LogP contribution in [-0.2, 0) is 9.59 Å². The second-order valence-corrected chi connectivity index (χ2v) is 9.07. The second-order valence-electron chi connectivity index (χ2n) is 9.07. The molecule has 1 aliphatic heterocycles. The predicted molar refractivity (Wildman–Crippen MR) is 150 cm³/mol. The van der Waals surface area contributed by atoms with Crippen LogP contribution in [0.25, 0.3) is 0 Å². The van der Waals surface area contributed by atoms with Crippen molar-refractivity contribution in [3.8, 4) is 34.5 Å². The zero-order chi connectivity index (χ0) is 28.8. The molecule has 0 spiro atoms. The number of benzene rings is 3. The summed E-state index contributed by atoms with van der Waals surface area (Å²) in [5, 5.41) is 3.00. The van der Waals surface area contributed by atoms with Gasteiger partial charge >= 0.3 is 0 Å². The minimum Gasteiger partial charge on any atom is -0.497 e. The van der Waals surface area contributed by atoms with E-state index in [1.54, 1.807) is 49.5 Å². The third kappa shape index (κ3) is 5.56. The van der Waals surface area contributed by atoms with Gasteiger partial charge in [0.2, 0.25) is 17.6 Å². The predicted octanol–water partition coefficient (Wildman–Crippen LogP) is 4.86. The highest BCUT2D eigenvalue weighted by Gasteiger charge is 2.42. The van der Waals surface area contributed by atoms with Crippen molar-refractivity contribution in [3.63, 3.8) is 0 Å².